The van der Waals surface area contributed by atoms with Crippen LogP contribution in [0.3, 0.4) is 0 Å². The first kappa shape index (κ1) is 23.0. The number of H-pyrrole nitrogens is 1. The number of benzene rings is 1. The molecule has 0 radical (unpaired) electrons. The Morgan fingerprint density at radius 1 is 1.41 bits per heavy atom. The number of esters is 1. The average Bonchev–Trinajstić information content (AvgIpc) is 3.67. The summed E-state index contributed by atoms with van der Waals surface area (Å²) in [5.41, 5.74) is 3.81. The molecule has 2 N–H and O–H groups in total. The second-order valence-corrected chi connectivity index (χ2v) is 11.0. The molecule has 3 aromatic rings. The van der Waals surface area contributed by atoms with Gasteiger partial charge in [0.1, 0.15) is 11.9 Å². The van der Waals surface area contributed by atoms with E-state index in [0.717, 1.165) is 12.1 Å². The van der Waals surface area contributed by atoms with Crippen molar-refractivity contribution in [2.45, 2.75) is 24.5 Å². The third-order valence-electron chi connectivity index (χ3n) is 7.90. The number of methoxy groups -OCH3 is 1. The van der Waals surface area contributed by atoms with Gasteiger partial charge in [-0.05, 0) is 12.1 Å². The maximum Gasteiger partial charge on any atom is 0.338 e. The molecule has 1 spiro atoms. The number of rotatable bonds is 5. The highest BCUT2D eigenvalue weighted by molar-refractivity contribution is 7.11. The number of amidine groups is 1. The van der Waals surface area contributed by atoms with Crippen LogP contribution in [0.4, 0.5) is 4.39 Å². The highest BCUT2D eigenvalue weighted by Gasteiger charge is 2.67. The number of thiazole rings is 1. The van der Waals surface area contributed by atoms with Crippen molar-refractivity contribution in [2.24, 2.45) is 10.4 Å². The van der Waals surface area contributed by atoms with Crippen LogP contribution < -0.4 is 5.32 Å². The Balaban J connectivity index is 1.34. The lowest BCUT2D eigenvalue weighted by Gasteiger charge is -2.57. The molecule has 0 amide bonds. The van der Waals surface area contributed by atoms with E-state index in [1.807, 2.05) is 11.6 Å². The molecule has 7 rings (SSSR count). The third kappa shape index (κ3) is 3.34. The first-order chi connectivity index (χ1) is 18.0. The molecular formula is C25H22ClFN6O3S. The average molecular weight is 541 g/mol. The van der Waals surface area contributed by atoms with Gasteiger partial charge >= 0.3 is 5.97 Å². The molecule has 9 nitrogen and oxygen atoms in total. The van der Waals surface area contributed by atoms with Crippen molar-refractivity contribution >= 4 is 34.7 Å². The zero-order valence-electron chi connectivity index (χ0n) is 19.7. The van der Waals surface area contributed by atoms with Crippen molar-refractivity contribution < 1.29 is 18.7 Å². The zero-order chi connectivity index (χ0) is 25.3. The summed E-state index contributed by atoms with van der Waals surface area (Å²) in [5, 5.41) is 13.5. The molecule has 2 aromatic heterocycles. The largest absolute Gasteiger partial charge is 0.466 e. The summed E-state index contributed by atoms with van der Waals surface area (Å²) in [5.74, 6) is -0.474. The Hall–Kier alpha value is -3.12. The van der Waals surface area contributed by atoms with Crippen LogP contribution in [-0.2, 0) is 20.7 Å². The van der Waals surface area contributed by atoms with Crippen LogP contribution in [0.15, 0.2) is 52.2 Å². The van der Waals surface area contributed by atoms with E-state index in [-0.39, 0.29) is 22.5 Å². The number of likely N-dealkylation sites (tertiary alicyclic amines) is 1. The van der Waals surface area contributed by atoms with Crippen molar-refractivity contribution in [2.75, 3.05) is 26.9 Å². The minimum absolute atomic E-state index is 0.0106. The van der Waals surface area contributed by atoms with Crippen LogP contribution in [-0.4, -0.2) is 64.8 Å². The standard InChI is InChI=1S/C25H22ClFN6O3S/c1-35-24(34)19-17(9-33-18-10-36-11-25(18)7-16-14(21(25)33)8-29-32-16)30-22(23-28-4-5-37-23)31-20(19)13-3-2-12(27)6-15(13)26/h2-6,8,18,20-21H,7,9-11H2,1H3,(H,29,32)(H,30,31)/t18?,20-,21?,25?/m0/s1. The zero-order valence-corrected chi connectivity index (χ0v) is 21.3. The van der Waals surface area contributed by atoms with Crippen LogP contribution in [0, 0.1) is 11.2 Å². The summed E-state index contributed by atoms with van der Waals surface area (Å²) < 4.78 is 25.1. The van der Waals surface area contributed by atoms with Gasteiger partial charge in [0, 0.05) is 69.6 Å². The quantitative estimate of drug-likeness (QED) is 0.479. The Labute approximate surface area is 220 Å². The lowest BCUT2D eigenvalue weighted by Crippen LogP contribution is -2.65. The van der Waals surface area contributed by atoms with Gasteiger partial charge in [0.2, 0.25) is 0 Å². The molecule has 4 aliphatic rings. The fourth-order valence-corrected chi connectivity index (χ4v) is 7.23. The molecule has 190 valence electrons. The molecule has 3 unspecified atom stereocenters. The number of halogens is 2. The summed E-state index contributed by atoms with van der Waals surface area (Å²) in [6, 6.07) is 3.62. The van der Waals surface area contributed by atoms with Crippen LogP contribution >= 0.6 is 22.9 Å². The predicted molar refractivity (Wildman–Crippen MR) is 134 cm³/mol. The second-order valence-electron chi connectivity index (χ2n) is 9.71. The summed E-state index contributed by atoms with van der Waals surface area (Å²) in [6.07, 6.45) is 4.48. The van der Waals surface area contributed by atoms with Crippen molar-refractivity contribution in [1.29, 1.82) is 0 Å². The monoisotopic (exact) mass is 540 g/mol. The van der Waals surface area contributed by atoms with Gasteiger partial charge in [-0.25, -0.2) is 14.2 Å². The van der Waals surface area contributed by atoms with Crippen molar-refractivity contribution in [3.8, 4) is 0 Å². The van der Waals surface area contributed by atoms with E-state index in [1.165, 1.54) is 36.1 Å². The van der Waals surface area contributed by atoms with E-state index in [2.05, 4.69) is 25.4 Å². The minimum Gasteiger partial charge on any atom is -0.466 e. The molecule has 2 fully saturated rings. The molecule has 5 heterocycles. The molecule has 37 heavy (non-hydrogen) atoms. The molecule has 4 atom stereocenters. The van der Waals surface area contributed by atoms with Gasteiger partial charge < -0.3 is 14.8 Å². The normalized spacial score (nSPS) is 28.2. The molecule has 0 bridgehead atoms. The highest BCUT2D eigenvalue weighted by atomic mass is 35.5. The molecule has 2 saturated heterocycles. The molecular weight excluding hydrogens is 519 g/mol. The smallest absolute Gasteiger partial charge is 0.338 e. The number of nitrogens with one attached hydrogen (secondary N) is 2. The van der Waals surface area contributed by atoms with Crippen LogP contribution in [0.1, 0.15) is 33.9 Å². The number of aliphatic imine (C=N–C) groups is 1. The summed E-state index contributed by atoms with van der Waals surface area (Å²) in [7, 11) is 1.34. The maximum absolute atomic E-state index is 13.9. The summed E-state index contributed by atoms with van der Waals surface area (Å²) >= 11 is 7.90. The van der Waals surface area contributed by atoms with E-state index >= 15 is 0 Å². The van der Waals surface area contributed by atoms with E-state index in [1.54, 1.807) is 12.3 Å². The van der Waals surface area contributed by atoms with Crippen LogP contribution in [0.5, 0.6) is 0 Å². The van der Waals surface area contributed by atoms with E-state index in [4.69, 9.17) is 26.1 Å². The number of hydrogen-bond acceptors (Lipinski definition) is 9. The topological polar surface area (TPSA) is 105 Å². The van der Waals surface area contributed by atoms with Crippen molar-refractivity contribution in [1.82, 2.24) is 25.4 Å². The number of hydrogen-bond donors (Lipinski definition) is 2. The number of aromatic amines is 1. The number of fused-ring (bicyclic) bond motifs is 2. The molecule has 12 heteroatoms. The van der Waals surface area contributed by atoms with Crippen LogP contribution in [0.2, 0.25) is 5.02 Å². The van der Waals surface area contributed by atoms with E-state index in [0.29, 0.717) is 47.4 Å². The van der Waals surface area contributed by atoms with Crippen molar-refractivity contribution in [3.63, 3.8) is 0 Å². The van der Waals surface area contributed by atoms with Gasteiger partial charge in [-0.1, -0.05) is 17.7 Å². The first-order valence-corrected chi connectivity index (χ1v) is 13.1. The van der Waals surface area contributed by atoms with Crippen LogP contribution in [0.25, 0.3) is 0 Å². The Kier molecular flexibility index (Phi) is 5.26. The lowest BCUT2D eigenvalue weighted by atomic mass is 9.67. The Morgan fingerprint density at radius 2 is 2.30 bits per heavy atom. The van der Waals surface area contributed by atoms with E-state index < -0.39 is 17.8 Å². The Bertz CT molecular complexity index is 1470. The number of carbonyl (C=O) groups is 1. The fourth-order valence-electron chi connectivity index (χ4n) is 6.37. The minimum atomic E-state index is -0.797. The van der Waals surface area contributed by atoms with Gasteiger partial charge in [-0.15, -0.1) is 11.3 Å². The molecule has 1 aromatic carbocycles. The SMILES string of the molecule is COC(=O)C1=C(CN2C3COCC34Cc3[nH]ncc3C24)NC(c2nccs2)=N[C@H]1c1ccc(F)cc1Cl. The van der Waals surface area contributed by atoms with Gasteiger partial charge in [0.15, 0.2) is 10.8 Å². The Morgan fingerprint density at radius 3 is 3.08 bits per heavy atom. The number of ether oxygens (including phenoxy) is 2. The number of carbonyl (C=O) groups excluding carboxylic acids is 1. The third-order valence-corrected chi connectivity index (χ3v) is 9.01. The summed E-state index contributed by atoms with van der Waals surface area (Å²) in [4.78, 5) is 24.9. The molecule has 1 aliphatic carbocycles. The first-order valence-electron chi connectivity index (χ1n) is 11.9. The van der Waals surface area contributed by atoms with Gasteiger partial charge in [0.25, 0.3) is 0 Å². The number of nitrogens with zero attached hydrogens (tertiary/aromatic N) is 4. The van der Waals surface area contributed by atoms with E-state index in [9.17, 15) is 9.18 Å². The lowest BCUT2D eigenvalue weighted by molar-refractivity contribution is -0.136. The highest BCUT2D eigenvalue weighted by Crippen LogP contribution is 2.63. The maximum atomic E-state index is 13.9. The fraction of sp³-hybridized carbons (Fsp3) is 0.360. The molecule has 3 aliphatic heterocycles. The van der Waals surface area contributed by atoms with Gasteiger partial charge in [-0.3, -0.25) is 15.0 Å². The summed E-state index contributed by atoms with van der Waals surface area (Å²) in [6.45, 7) is 1.74. The predicted octanol–water partition coefficient (Wildman–Crippen LogP) is 3.18. The van der Waals surface area contributed by atoms with Gasteiger partial charge in [-0.2, -0.15) is 5.10 Å². The number of aromatic nitrogens is 3. The van der Waals surface area contributed by atoms with Gasteiger partial charge in [0.05, 0.1) is 32.1 Å². The second kappa shape index (κ2) is 8.45. The molecule has 0 saturated carbocycles. The van der Waals surface area contributed by atoms with Crippen molar-refractivity contribution in [3.05, 3.63) is 79.9 Å².